The molecule has 1 atom stereocenters. The summed E-state index contributed by atoms with van der Waals surface area (Å²) in [6.45, 7) is 4.01. The summed E-state index contributed by atoms with van der Waals surface area (Å²) in [6.07, 6.45) is 13.7. The standard InChI is InChI=1S/C17H31NO2/c1-2-8-17(9-3-1)10-7-16(20-17)13-18-11-4-12-19-14-15-5-6-15/h15-16,18H,1-14H2. The predicted molar refractivity (Wildman–Crippen MR) is 81.0 cm³/mol. The van der Waals surface area contributed by atoms with E-state index in [1.54, 1.807) is 0 Å². The first-order valence-corrected chi connectivity index (χ1v) is 8.83. The minimum absolute atomic E-state index is 0.276. The number of nitrogens with one attached hydrogen (secondary N) is 1. The third-order valence-electron chi connectivity index (χ3n) is 5.17. The Morgan fingerprint density at radius 3 is 2.70 bits per heavy atom. The topological polar surface area (TPSA) is 30.5 Å². The lowest BCUT2D eigenvalue weighted by molar-refractivity contribution is -0.0623. The summed E-state index contributed by atoms with van der Waals surface area (Å²) in [5.74, 6) is 0.890. The number of hydrogen-bond acceptors (Lipinski definition) is 3. The predicted octanol–water partition coefficient (Wildman–Crippen LogP) is 3.27. The fourth-order valence-electron chi connectivity index (χ4n) is 3.70. The molecule has 1 unspecified atom stereocenters. The molecule has 3 heteroatoms. The molecule has 3 nitrogen and oxygen atoms in total. The molecule has 1 spiro atoms. The highest BCUT2D eigenvalue weighted by Crippen LogP contribution is 2.41. The molecule has 3 aliphatic rings. The summed E-state index contributed by atoms with van der Waals surface area (Å²) in [6, 6.07) is 0. The number of rotatable bonds is 8. The van der Waals surface area contributed by atoms with Crippen LogP contribution in [0.3, 0.4) is 0 Å². The van der Waals surface area contributed by atoms with Gasteiger partial charge in [0.1, 0.15) is 0 Å². The van der Waals surface area contributed by atoms with Crippen molar-refractivity contribution in [1.29, 1.82) is 0 Å². The normalized spacial score (nSPS) is 29.1. The molecule has 1 heterocycles. The van der Waals surface area contributed by atoms with Crippen LogP contribution in [0.5, 0.6) is 0 Å². The van der Waals surface area contributed by atoms with Crippen LogP contribution in [0.2, 0.25) is 0 Å². The van der Waals surface area contributed by atoms with Crippen LogP contribution in [0.4, 0.5) is 0 Å². The Kier molecular flexibility index (Phi) is 5.36. The molecule has 0 aromatic heterocycles. The molecule has 0 aromatic carbocycles. The molecule has 1 N–H and O–H groups in total. The van der Waals surface area contributed by atoms with E-state index in [9.17, 15) is 0 Å². The minimum atomic E-state index is 0.276. The first kappa shape index (κ1) is 14.8. The molecule has 116 valence electrons. The monoisotopic (exact) mass is 281 g/mol. The van der Waals surface area contributed by atoms with Crippen molar-refractivity contribution in [2.45, 2.75) is 75.9 Å². The van der Waals surface area contributed by atoms with Crippen LogP contribution in [0.25, 0.3) is 0 Å². The van der Waals surface area contributed by atoms with E-state index in [4.69, 9.17) is 9.47 Å². The van der Waals surface area contributed by atoms with Gasteiger partial charge >= 0.3 is 0 Å². The molecule has 1 saturated heterocycles. The summed E-state index contributed by atoms with van der Waals surface area (Å²) < 4.78 is 12.0. The van der Waals surface area contributed by atoms with Crippen molar-refractivity contribution < 1.29 is 9.47 Å². The molecular formula is C17H31NO2. The van der Waals surface area contributed by atoms with Gasteiger partial charge in [-0.05, 0) is 57.4 Å². The van der Waals surface area contributed by atoms with Gasteiger partial charge < -0.3 is 14.8 Å². The molecule has 3 fully saturated rings. The van der Waals surface area contributed by atoms with E-state index in [1.165, 1.54) is 57.8 Å². The van der Waals surface area contributed by atoms with E-state index in [-0.39, 0.29) is 5.60 Å². The van der Waals surface area contributed by atoms with Gasteiger partial charge in [0.25, 0.3) is 0 Å². The lowest BCUT2D eigenvalue weighted by Crippen LogP contribution is -2.35. The van der Waals surface area contributed by atoms with Crippen LogP contribution in [-0.4, -0.2) is 38.0 Å². The van der Waals surface area contributed by atoms with Crippen LogP contribution >= 0.6 is 0 Å². The van der Waals surface area contributed by atoms with Gasteiger partial charge in [0.05, 0.1) is 11.7 Å². The maximum Gasteiger partial charge on any atom is 0.0708 e. The smallest absolute Gasteiger partial charge is 0.0708 e. The molecule has 0 amide bonds. The van der Waals surface area contributed by atoms with Crippen LogP contribution in [0, 0.1) is 5.92 Å². The Hall–Kier alpha value is -0.120. The lowest BCUT2D eigenvalue weighted by atomic mass is 9.83. The van der Waals surface area contributed by atoms with Crippen molar-refractivity contribution in [3.63, 3.8) is 0 Å². The van der Waals surface area contributed by atoms with E-state index in [1.807, 2.05) is 0 Å². The minimum Gasteiger partial charge on any atom is -0.381 e. The van der Waals surface area contributed by atoms with Gasteiger partial charge in [-0.25, -0.2) is 0 Å². The highest BCUT2D eigenvalue weighted by Gasteiger charge is 2.40. The molecule has 0 bridgehead atoms. The number of hydrogen-bond donors (Lipinski definition) is 1. The molecule has 1 aliphatic heterocycles. The van der Waals surface area contributed by atoms with E-state index in [0.29, 0.717) is 6.10 Å². The Morgan fingerprint density at radius 2 is 1.90 bits per heavy atom. The Balaban J connectivity index is 1.20. The van der Waals surface area contributed by atoms with Crippen LogP contribution in [0.15, 0.2) is 0 Å². The molecule has 3 rings (SSSR count). The maximum atomic E-state index is 6.36. The average molecular weight is 281 g/mol. The molecule has 2 aliphatic carbocycles. The molecule has 0 radical (unpaired) electrons. The zero-order valence-corrected chi connectivity index (χ0v) is 12.9. The van der Waals surface area contributed by atoms with Crippen molar-refractivity contribution in [3.05, 3.63) is 0 Å². The zero-order valence-electron chi connectivity index (χ0n) is 12.9. The summed E-state index contributed by atoms with van der Waals surface area (Å²) in [5, 5.41) is 3.55. The summed E-state index contributed by atoms with van der Waals surface area (Å²) in [4.78, 5) is 0. The van der Waals surface area contributed by atoms with Crippen molar-refractivity contribution in [1.82, 2.24) is 5.32 Å². The molecular weight excluding hydrogens is 250 g/mol. The van der Waals surface area contributed by atoms with Gasteiger partial charge in [-0.15, -0.1) is 0 Å². The molecule has 2 saturated carbocycles. The maximum absolute atomic E-state index is 6.36. The largest absolute Gasteiger partial charge is 0.381 e. The van der Waals surface area contributed by atoms with Gasteiger partial charge in [-0.2, -0.15) is 0 Å². The summed E-state index contributed by atoms with van der Waals surface area (Å²) in [5.41, 5.74) is 0.276. The van der Waals surface area contributed by atoms with E-state index >= 15 is 0 Å². The van der Waals surface area contributed by atoms with Crippen molar-refractivity contribution >= 4 is 0 Å². The SMILES string of the molecule is C1CCC2(CC1)CCC(CNCCCOCC1CC1)O2. The quantitative estimate of drug-likeness (QED) is 0.693. The Morgan fingerprint density at radius 1 is 1.05 bits per heavy atom. The summed E-state index contributed by atoms with van der Waals surface area (Å²) >= 11 is 0. The third kappa shape index (κ3) is 4.44. The Bertz CT molecular complexity index is 285. The lowest BCUT2D eigenvalue weighted by Gasteiger charge is -2.33. The second-order valence-electron chi connectivity index (χ2n) is 7.10. The fourth-order valence-corrected chi connectivity index (χ4v) is 3.70. The third-order valence-corrected chi connectivity index (χ3v) is 5.17. The van der Waals surface area contributed by atoms with Crippen LogP contribution in [0.1, 0.15) is 64.2 Å². The van der Waals surface area contributed by atoms with E-state index in [0.717, 1.165) is 38.6 Å². The average Bonchev–Trinajstić information content (AvgIpc) is 3.22. The van der Waals surface area contributed by atoms with Gasteiger partial charge in [0.15, 0.2) is 0 Å². The number of ether oxygens (including phenoxy) is 2. The molecule has 20 heavy (non-hydrogen) atoms. The highest BCUT2D eigenvalue weighted by molar-refractivity contribution is 4.91. The first-order chi connectivity index (χ1) is 9.86. The van der Waals surface area contributed by atoms with E-state index < -0.39 is 0 Å². The van der Waals surface area contributed by atoms with Crippen molar-refractivity contribution in [2.24, 2.45) is 5.92 Å². The fraction of sp³-hybridized carbons (Fsp3) is 1.00. The highest BCUT2D eigenvalue weighted by atomic mass is 16.5. The van der Waals surface area contributed by atoms with Crippen LogP contribution < -0.4 is 5.32 Å². The van der Waals surface area contributed by atoms with Gasteiger partial charge in [0, 0.05) is 19.8 Å². The summed E-state index contributed by atoms with van der Waals surface area (Å²) in [7, 11) is 0. The molecule has 0 aromatic rings. The van der Waals surface area contributed by atoms with Gasteiger partial charge in [0.2, 0.25) is 0 Å². The van der Waals surface area contributed by atoms with E-state index in [2.05, 4.69) is 5.32 Å². The second kappa shape index (κ2) is 7.24. The second-order valence-corrected chi connectivity index (χ2v) is 7.10. The van der Waals surface area contributed by atoms with Crippen molar-refractivity contribution in [3.8, 4) is 0 Å². The van der Waals surface area contributed by atoms with Crippen molar-refractivity contribution in [2.75, 3.05) is 26.3 Å². The first-order valence-electron chi connectivity index (χ1n) is 8.83. The van der Waals surface area contributed by atoms with Gasteiger partial charge in [-0.3, -0.25) is 0 Å². The van der Waals surface area contributed by atoms with Crippen LogP contribution in [-0.2, 0) is 9.47 Å². The Labute approximate surface area is 123 Å². The van der Waals surface area contributed by atoms with Gasteiger partial charge in [-0.1, -0.05) is 19.3 Å². The zero-order chi connectivity index (χ0) is 13.7.